The minimum Gasteiger partial charge on any atom is -0.478 e. The highest BCUT2D eigenvalue weighted by atomic mass is 32.2. The summed E-state index contributed by atoms with van der Waals surface area (Å²) in [5, 5.41) is 13.4. The summed E-state index contributed by atoms with van der Waals surface area (Å²) in [6.07, 6.45) is 1.47. The molecular formula is C23H19NO3S. The number of benzene rings is 3. The van der Waals surface area contributed by atoms with Gasteiger partial charge in [0.15, 0.2) is 0 Å². The second-order valence-corrected chi connectivity index (χ2v) is 7.03. The molecule has 0 radical (unpaired) electrons. The van der Waals surface area contributed by atoms with Crippen LogP contribution in [-0.2, 0) is 4.79 Å². The first-order chi connectivity index (χ1) is 13.5. The van der Waals surface area contributed by atoms with Gasteiger partial charge in [0, 0.05) is 16.7 Å². The number of rotatable bonds is 6. The summed E-state index contributed by atoms with van der Waals surface area (Å²) in [6, 6.07) is 22.3. The SMILES string of the molecule is Cc1cccc(-c2ccccc2)c1S/C=C/C(=O)Nc1ccc(C(=O)O)cc1. The Morgan fingerprint density at radius 3 is 2.32 bits per heavy atom. The number of hydrogen-bond donors (Lipinski definition) is 2. The maximum absolute atomic E-state index is 12.1. The molecule has 3 rings (SSSR count). The second-order valence-electron chi connectivity index (χ2n) is 6.11. The van der Waals surface area contributed by atoms with Crippen molar-refractivity contribution in [3.63, 3.8) is 0 Å². The van der Waals surface area contributed by atoms with E-state index in [-0.39, 0.29) is 11.5 Å². The molecule has 3 aromatic rings. The van der Waals surface area contributed by atoms with Crippen molar-refractivity contribution >= 4 is 29.3 Å². The zero-order valence-corrected chi connectivity index (χ0v) is 16.1. The summed E-state index contributed by atoms with van der Waals surface area (Å²) in [7, 11) is 0. The van der Waals surface area contributed by atoms with Crippen LogP contribution in [0.25, 0.3) is 11.1 Å². The molecular weight excluding hydrogens is 370 g/mol. The monoisotopic (exact) mass is 389 g/mol. The van der Waals surface area contributed by atoms with E-state index in [0.29, 0.717) is 5.69 Å². The first-order valence-electron chi connectivity index (χ1n) is 8.67. The maximum Gasteiger partial charge on any atom is 0.335 e. The lowest BCUT2D eigenvalue weighted by Crippen LogP contribution is -2.07. The number of nitrogens with one attached hydrogen (secondary N) is 1. The van der Waals surface area contributed by atoms with Gasteiger partial charge >= 0.3 is 5.97 Å². The van der Waals surface area contributed by atoms with Crippen molar-refractivity contribution in [3.05, 3.63) is 95.4 Å². The first-order valence-corrected chi connectivity index (χ1v) is 9.55. The molecule has 0 saturated heterocycles. The normalized spacial score (nSPS) is 10.8. The van der Waals surface area contributed by atoms with E-state index in [2.05, 4.69) is 23.5 Å². The molecule has 0 heterocycles. The number of aryl methyl sites for hydroxylation is 1. The van der Waals surface area contributed by atoms with Crippen LogP contribution in [0.3, 0.4) is 0 Å². The second kappa shape index (κ2) is 9.06. The average molecular weight is 389 g/mol. The van der Waals surface area contributed by atoms with Crippen molar-refractivity contribution in [2.24, 2.45) is 0 Å². The largest absolute Gasteiger partial charge is 0.478 e. The van der Waals surface area contributed by atoms with Crippen LogP contribution in [0.15, 0.2) is 89.2 Å². The predicted octanol–water partition coefficient (Wildman–Crippen LogP) is 5.60. The Morgan fingerprint density at radius 2 is 1.64 bits per heavy atom. The zero-order chi connectivity index (χ0) is 19.9. The standard InChI is InChI=1S/C23H19NO3S/c1-16-6-5-9-20(17-7-3-2-4-8-17)22(16)28-15-14-21(25)24-19-12-10-18(11-13-19)23(26)27/h2-15H,1H3,(H,24,25)(H,26,27)/b15-14+. The van der Waals surface area contributed by atoms with Crippen molar-refractivity contribution in [2.45, 2.75) is 11.8 Å². The molecule has 0 bridgehead atoms. The molecule has 0 unspecified atom stereocenters. The number of anilines is 1. The summed E-state index contributed by atoms with van der Waals surface area (Å²) in [5.41, 5.74) is 4.12. The molecule has 140 valence electrons. The fraction of sp³-hybridized carbons (Fsp3) is 0.0435. The minimum atomic E-state index is -0.998. The number of carbonyl (C=O) groups excluding carboxylic acids is 1. The van der Waals surface area contributed by atoms with Gasteiger partial charge in [0.25, 0.3) is 0 Å². The fourth-order valence-electron chi connectivity index (χ4n) is 2.70. The Balaban J connectivity index is 1.69. The third-order valence-electron chi connectivity index (χ3n) is 4.10. The molecule has 4 nitrogen and oxygen atoms in total. The van der Waals surface area contributed by atoms with E-state index in [1.165, 1.54) is 30.0 Å². The zero-order valence-electron chi connectivity index (χ0n) is 15.3. The lowest BCUT2D eigenvalue weighted by atomic mass is 10.0. The number of thioether (sulfide) groups is 1. The van der Waals surface area contributed by atoms with Gasteiger partial charge in [-0.1, -0.05) is 60.3 Å². The highest BCUT2D eigenvalue weighted by Gasteiger charge is 2.07. The minimum absolute atomic E-state index is 0.178. The van der Waals surface area contributed by atoms with Crippen molar-refractivity contribution in [2.75, 3.05) is 5.32 Å². The highest BCUT2D eigenvalue weighted by molar-refractivity contribution is 8.02. The van der Waals surface area contributed by atoms with Crippen molar-refractivity contribution < 1.29 is 14.7 Å². The number of hydrogen-bond acceptors (Lipinski definition) is 3. The van der Waals surface area contributed by atoms with Crippen LogP contribution in [0.2, 0.25) is 0 Å². The Hall–Kier alpha value is -3.31. The number of carboxylic acids is 1. The third kappa shape index (κ3) is 4.90. The number of carbonyl (C=O) groups is 2. The van der Waals surface area contributed by atoms with Gasteiger partial charge < -0.3 is 10.4 Å². The topological polar surface area (TPSA) is 66.4 Å². The Kier molecular flexibility index (Phi) is 6.29. The Bertz CT molecular complexity index is 1010. The molecule has 1 amide bonds. The van der Waals surface area contributed by atoms with E-state index in [1.54, 1.807) is 17.5 Å². The molecule has 0 aliphatic heterocycles. The Morgan fingerprint density at radius 1 is 0.929 bits per heavy atom. The van der Waals surface area contributed by atoms with Gasteiger partial charge in [0.05, 0.1) is 5.56 Å². The summed E-state index contributed by atoms with van der Waals surface area (Å²) in [4.78, 5) is 24.1. The lowest BCUT2D eigenvalue weighted by Gasteiger charge is -2.10. The van der Waals surface area contributed by atoms with Crippen LogP contribution in [-0.4, -0.2) is 17.0 Å². The molecule has 0 atom stereocenters. The van der Waals surface area contributed by atoms with E-state index < -0.39 is 5.97 Å². The summed E-state index contributed by atoms with van der Waals surface area (Å²) >= 11 is 1.49. The molecule has 0 spiro atoms. The maximum atomic E-state index is 12.1. The van der Waals surface area contributed by atoms with Crippen molar-refractivity contribution in [1.29, 1.82) is 0 Å². The molecule has 0 saturated carbocycles. The average Bonchev–Trinajstić information content (AvgIpc) is 2.70. The number of aromatic carboxylic acids is 1. The van der Waals surface area contributed by atoms with Crippen LogP contribution < -0.4 is 5.32 Å². The van der Waals surface area contributed by atoms with Crippen LogP contribution >= 0.6 is 11.8 Å². The number of amides is 1. The van der Waals surface area contributed by atoms with Crippen LogP contribution in [0.4, 0.5) is 5.69 Å². The van der Waals surface area contributed by atoms with E-state index in [9.17, 15) is 9.59 Å². The summed E-state index contributed by atoms with van der Waals surface area (Å²) < 4.78 is 0. The van der Waals surface area contributed by atoms with Crippen molar-refractivity contribution in [3.8, 4) is 11.1 Å². The van der Waals surface area contributed by atoms with Gasteiger partial charge in [-0.3, -0.25) is 4.79 Å². The van der Waals surface area contributed by atoms with Gasteiger partial charge in [-0.2, -0.15) is 0 Å². The van der Waals surface area contributed by atoms with Gasteiger partial charge in [-0.15, -0.1) is 0 Å². The van der Waals surface area contributed by atoms with Gasteiger partial charge in [0.2, 0.25) is 5.91 Å². The molecule has 0 aromatic heterocycles. The van der Waals surface area contributed by atoms with E-state index in [1.807, 2.05) is 37.3 Å². The number of carboxylic acid groups (broad SMARTS) is 1. The molecule has 28 heavy (non-hydrogen) atoms. The first kappa shape index (κ1) is 19.5. The molecule has 3 aromatic carbocycles. The highest BCUT2D eigenvalue weighted by Crippen LogP contribution is 2.34. The van der Waals surface area contributed by atoms with Gasteiger partial charge in [-0.25, -0.2) is 4.79 Å². The molecule has 0 aliphatic rings. The molecule has 0 fully saturated rings. The van der Waals surface area contributed by atoms with Crippen LogP contribution in [0.1, 0.15) is 15.9 Å². The van der Waals surface area contributed by atoms with Gasteiger partial charge in [-0.05, 0) is 53.3 Å². The quantitative estimate of drug-likeness (QED) is 0.425. The van der Waals surface area contributed by atoms with Crippen LogP contribution in [0, 0.1) is 6.92 Å². The van der Waals surface area contributed by atoms with Gasteiger partial charge in [0.1, 0.15) is 0 Å². The predicted molar refractivity (Wildman–Crippen MR) is 114 cm³/mol. The summed E-state index contributed by atoms with van der Waals surface area (Å²) in [6.45, 7) is 2.05. The lowest BCUT2D eigenvalue weighted by molar-refractivity contribution is -0.111. The van der Waals surface area contributed by atoms with E-state index in [4.69, 9.17) is 5.11 Å². The third-order valence-corrected chi connectivity index (χ3v) is 5.15. The molecule has 2 N–H and O–H groups in total. The summed E-state index contributed by atoms with van der Waals surface area (Å²) in [5.74, 6) is -1.27. The fourth-order valence-corrected chi connectivity index (χ4v) is 3.59. The van der Waals surface area contributed by atoms with Crippen LogP contribution in [0.5, 0.6) is 0 Å². The van der Waals surface area contributed by atoms with Crippen molar-refractivity contribution in [1.82, 2.24) is 0 Å². The molecule has 0 aliphatic carbocycles. The smallest absolute Gasteiger partial charge is 0.335 e. The molecule has 5 heteroatoms. The van der Waals surface area contributed by atoms with E-state index in [0.717, 1.165) is 21.6 Å². The van der Waals surface area contributed by atoms with E-state index >= 15 is 0 Å². The Labute approximate surface area is 167 Å².